The van der Waals surface area contributed by atoms with Gasteiger partial charge in [0, 0.05) is 0 Å². The maximum atomic E-state index is 13.2. The Bertz CT molecular complexity index is 1320. The second-order valence-electron chi connectivity index (χ2n) is 7.39. The normalized spacial score (nSPS) is 12.8. The summed E-state index contributed by atoms with van der Waals surface area (Å²) in [5.41, 5.74) is 11.7. The number of carbonyl (C=O) groups is 2. The number of nitrogen functional groups attached to an aromatic ring is 1. The Morgan fingerprint density at radius 1 is 1.21 bits per heavy atom. The van der Waals surface area contributed by atoms with Gasteiger partial charge < -0.3 is 14.9 Å². The highest BCUT2D eigenvalue weighted by molar-refractivity contribution is 5.94. The molecule has 0 saturated carbocycles. The molecule has 3 heterocycles. The zero-order valence-electron chi connectivity index (χ0n) is 18.3. The first-order valence-electron chi connectivity index (χ1n) is 10.2. The third-order valence-corrected chi connectivity index (χ3v) is 5.25. The van der Waals surface area contributed by atoms with Crippen LogP contribution in [0.5, 0.6) is 0 Å². The average molecular weight is 449 g/mol. The topological polar surface area (TPSA) is 150 Å². The largest absolute Gasteiger partial charge is 0.464 e. The molecule has 0 radical (unpaired) electrons. The minimum absolute atomic E-state index is 0.0741. The first-order valence-corrected chi connectivity index (χ1v) is 10.2. The predicted molar refractivity (Wildman–Crippen MR) is 120 cm³/mol. The minimum atomic E-state index is -1.33. The fraction of sp³-hybridized carbons (Fsp3) is 0.227. The number of nitrogens with one attached hydrogen (secondary N) is 2. The predicted octanol–water partition coefficient (Wildman–Crippen LogP) is 2.39. The van der Waals surface area contributed by atoms with Gasteiger partial charge in [0.25, 0.3) is 0 Å². The van der Waals surface area contributed by atoms with E-state index in [-0.39, 0.29) is 29.8 Å². The van der Waals surface area contributed by atoms with E-state index in [4.69, 9.17) is 14.9 Å². The second kappa shape index (κ2) is 8.61. The molecule has 3 aromatic heterocycles. The number of amides is 1. The number of hydrazine groups is 1. The highest BCUT2D eigenvalue weighted by Gasteiger charge is 2.42. The zero-order chi connectivity index (χ0) is 23.6. The molecule has 11 nitrogen and oxygen atoms in total. The van der Waals surface area contributed by atoms with Crippen molar-refractivity contribution in [2.45, 2.75) is 26.3 Å². The number of aryl methyl sites for hydroxylation is 1. The molecule has 33 heavy (non-hydrogen) atoms. The Morgan fingerprint density at radius 3 is 2.70 bits per heavy atom. The quantitative estimate of drug-likeness (QED) is 0.285. The van der Waals surface area contributed by atoms with Gasteiger partial charge in [-0.1, -0.05) is 24.3 Å². The van der Waals surface area contributed by atoms with Gasteiger partial charge in [0.05, 0.1) is 24.5 Å². The molecule has 0 aliphatic carbocycles. The van der Waals surface area contributed by atoms with E-state index in [0.29, 0.717) is 10.9 Å². The van der Waals surface area contributed by atoms with E-state index in [1.165, 1.54) is 23.2 Å². The molecular weight excluding hydrogens is 426 g/mol. The molecule has 11 heteroatoms. The lowest BCUT2D eigenvalue weighted by Gasteiger charge is -2.30. The molecule has 4 aromatic rings. The van der Waals surface area contributed by atoms with E-state index in [1.54, 1.807) is 19.9 Å². The zero-order valence-corrected chi connectivity index (χ0v) is 18.3. The summed E-state index contributed by atoms with van der Waals surface area (Å²) in [7, 11) is 0. The summed E-state index contributed by atoms with van der Waals surface area (Å²) in [5, 5.41) is 4.89. The van der Waals surface area contributed by atoms with Crippen LogP contribution in [0.3, 0.4) is 0 Å². The number of furan rings is 1. The second-order valence-corrected chi connectivity index (χ2v) is 7.39. The minimum Gasteiger partial charge on any atom is -0.464 e. The van der Waals surface area contributed by atoms with Gasteiger partial charge in [-0.25, -0.2) is 9.48 Å². The van der Waals surface area contributed by atoms with E-state index in [9.17, 15) is 9.59 Å². The van der Waals surface area contributed by atoms with Crippen molar-refractivity contribution in [3.05, 3.63) is 65.7 Å². The van der Waals surface area contributed by atoms with Crippen LogP contribution >= 0.6 is 0 Å². The van der Waals surface area contributed by atoms with Gasteiger partial charge in [-0.15, -0.1) is 0 Å². The molecule has 1 unspecified atom stereocenters. The lowest BCUT2D eigenvalue weighted by Crippen LogP contribution is -2.43. The number of nitrogens with zero attached hydrogens (tertiary/aromatic N) is 4. The Hall–Kier alpha value is -4.41. The fourth-order valence-corrected chi connectivity index (χ4v) is 3.63. The third kappa shape index (κ3) is 3.84. The lowest BCUT2D eigenvalue weighted by atomic mass is 9.88. The van der Waals surface area contributed by atoms with Crippen molar-refractivity contribution in [2.24, 2.45) is 0 Å². The SMILES string of the molecule is CCOC(=O)C(C)(c1ccccc1C)n1ncc2c(NNC(=O)c3ccco3)nc(N)nc21. The van der Waals surface area contributed by atoms with Crippen LogP contribution in [0.15, 0.2) is 53.3 Å². The van der Waals surface area contributed by atoms with E-state index in [0.717, 1.165) is 5.56 Å². The Kier molecular flexibility index (Phi) is 5.69. The van der Waals surface area contributed by atoms with Gasteiger partial charge in [0.15, 0.2) is 22.8 Å². The summed E-state index contributed by atoms with van der Waals surface area (Å²) < 4.78 is 11.9. The number of esters is 1. The first kappa shape index (κ1) is 21.8. The van der Waals surface area contributed by atoms with Crippen LogP contribution in [0.25, 0.3) is 11.0 Å². The van der Waals surface area contributed by atoms with Crippen molar-refractivity contribution in [3.63, 3.8) is 0 Å². The monoisotopic (exact) mass is 449 g/mol. The van der Waals surface area contributed by atoms with Crippen LogP contribution in [0.2, 0.25) is 0 Å². The van der Waals surface area contributed by atoms with Crippen LogP contribution in [0, 0.1) is 6.92 Å². The molecule has 1 aromatic carbocycles. The van der Waals surface area contributed by atoms with Crippen LogP contribution in [0.4, 0.5) is 11.8 Å². The number of rotatable bonds is 7. The Morgan fingerprint density at radius 2 is 2.00 bits per heavy atom. The molecule has 1 amide bonds. The highest BCUT2D eigenvalue weighted by atomic mass is 16.5. The molecule has 170 valence electrons. The van der Waals surface area contributed by atoms with Crippen LogP contribution in [-0.4, -0.2) is 38.2 Å². The summed E-state index contributed by atoms with van der Waals surface area (Å²) in [6.07, 6.45) is 2.88. The maximum Gasteiger partial charge on any atom is 0.338 e. The summed E-state index contributed by atoms with van der Waals surface area (Å²) in [4.78, 5) is 33.9. The summed E-state index contributed by atoms with van der Waals surface area (Å²) >= 11 is 0. The van der Waals surface area contributed by atoms with Crippen molar-refractivity contribution < 1.29 is 18.7 Å². The van der Waals surface area contributed by atoms with E-state index < -0.39 is 17.4 Å². The molecule has 0 spiro atoms. The molecule has 0 saturated heterocycles. The lowest BCUT2D eigenvalue weighted by molar-refractivity contribution is -0.151. The number of hydrogen-bond acceptors (Lipinski definition) is 9. The number of benzene rings is 1. The van der Waals surface area contributed by atoms with Crippen LogP contribution in [0.1, 0.15) is 35.5 Å². The average Bonchev–Trinajstić information content (AvgIpc) is 3.48. The van der Waals surface area contributed by atoms with Crippen molar-refractivity contribution in [2.75, 3.05) is 17.8 Å². The molecule has 1 atom stereocenters. The van der Waals surface area contributed by atoms with Crippen LogP contribution in [-0.2, 0) is 15.1 Å². The smallest absolute Gasteiger partial charge is 0.338 e. The van der Waals surface area contributed by atoms with Gasteiger partial charge >= 0.3 is 11.9 Å². The van der Waals surface area contributed by atoms with E-state index in [2.05, 4.69) is 25.9 Å². The summed E-state index contributed by atoms with van der Waals surface area (Å²) in [5.74, 6) is -0.753. The molecule has 0 bridgehead atoms. The fourth-order valence-electron chi connectivity index (χ4n) is 3.63. The molecule has 0 aliphatic rings. The van der Waals surface area contributed by atoms with Gasteiger partial charge in [-0.2, -0.15) is 15.1 Å². The van der Waals surface area contributed by atoms with Crippen molar-refractivity contribution in [3.8, 4) is 0 Å². The number of nitrogens with two attached hydrogens (primary N) is 1. The Balaban J connectivity index is 1.80. The van der Waals surface area contributed by atoms with Crippen LogP contribution < -0.4 is 16.6 Å². The molecule has 0 aliphatic heterocycles. The van der Waals surface area contributed by atoms with Gasteiger partial charge in [-0.05, 0) is 44.0 Å². The number of ether oxygens (including phenoxy) is 1. The molecule has 0 fully saturated rings. The van der Waals surface area contributed by atoms with Crippen molar-refractivity contribution in [1.29, 1.82) is 0 Å². The molecule has 4 rings (SSSR count). The number of carbonyl (C=O) groups excluding carboxylic acids is 2. The third-order valence-electron chi connectivity index (χ3n) is 5.25. The number of anilines is 2. The van der Waals surface area contributed by atoms with Crippen molar-refractivity contribution >= 4 is 34.7 Å². The van der Waals surface area contributed by atoms with Gasteiger partial charge in [-0.3, -0.25) is 15.6 Å². The molecule has 4 N–H and O–H groups in total. The number of aromatic nitrogens is 4. The number of fused-ring (bicyclic) bond motifs is 1. The first-order chi connectivity index (χ1) is 15.9. The Labute approximate surface area is 188 Å². The molecular formula is C22H23N7O4. The summed E-state index contributed by atoms with van der Waals surface area (Å²) in [6.45, 7) is 5.55. The standard InChI is InChI=1S/C22H23N7O4/c1-4-32-20(31)22(3,15-9-6-5-8-13(15)2)29-18-14(12-24-29)17(25-21(23)26-18)27-28-19(30)16-10-7-11-33-16/h5-12H,4H2,1-3H3,(H,28,30)(H3,23,25,26,27). The highest BCUT2D eigenvalue weighted by Crippen LogP contribution is 2.33. The van der Waals surface area contributed by atoms with Crippen molar-refractivity contribution in [1.82, 2.24) is 25.2 Å². The van der Waals surface area contributed by atoms with E-state index in [1.807, 2.05) is 31.2 Å². The summed E-state index contributed by atoms with van der Waals surface area (Å²) in [6, 6.07) is 10.6. The maximum absolute atomic E-state index is 13.2. The van der Waals surface area contributed by atoms with Gasteiger partial charge in [0.2, 0.25) is 5.95 Å². The van der Waals surface area contributed by atoms with E-state index >= 15 is 0 Å². The number of hydrogen-bond donors (Lipinski definition) is 3. The van der Waals surface area contributed by atoms with Gasteiger partial charge in [0.1, 0.15) is 0 Å².